The van der Waals surface area contributed by atoms with Gasteiger partial charge in [0.15, 0.2) is 0 Å². The molecule has 184 valence electrons. The molecule has 0 bridgehead atoms. The molecule has 3 aromatic carbocycles. The summed E-state index contributed by atoms with van der Waals surface area (Å²) in [5, 5.41) is 26.0. The predicted molar refractivity (Wildman–Crippen MR) is 138 cm³/mol. The number of benzene rings is 3. The number of β-amino-alcohol motifs (C(OH)–C–C–N with tert-alkyl or cyclic N) is 1. The average Bonchev–Trinajstić information content (AvgIpc) is 3.43. The first kappa shape index (κ1) is 24.0. The normalized spacial score (nSPS) is 22.5. The van der Waals surface area contributed by atoms with Crippen molar-refractivity contribution in [2.24, 2.45) is 11.8 Å². The van der Waals surface area contributed by atoms with Gasteiger partial charge in [-0.15, -0.1) is 0 Å². The third-order valence-electron chi connectivity index (χ3n) is 7.75. The van der Waals surface area contributed by atoms with Crippen molar-refractivity contribution >= 4 is 16.7 Å². The van der Waals surface area contributed by atoms with E-state index in [2.05, 4.69) is 73.8 Å². The molecule has 0 aromatic heterocycles. The zero-order valence-corrected chi connectivity index (χ0v) is 20.7. The molecule has 5 rings (SSSR count). The minimum atomic E-state index is -0.681. The van der Waals surface area contributed by atoms with E-state index in [4.69, 9.17) is 4.74 Å². The van der Waals surface area contributed by atoms with E-state index >= 15 is 0 Å². The quantitative estimate of drug-likeness (QED) is 0.392. The fourth-order valence-corrected chi connectivity index (χ4v) is 5.90. The number of rotatable bonds is 10. The second kappa shape index (κ2) is 9.38. The zero-order valence-electron chi connectivity index (χ0n) is 20.7. The molecule has 5 heteroatoms. The molecule has 0 aliphatic heterocycles. The monoisotopic (exact) mass is 473 g/mol. The molecule has 2 aliphatic carbocycles. The summed E-state index contributed by atoms with van der Waals surface area (Å²) >= 11 is 0. The van der Waals surface area contributed by atoms with E-state index < -0.39 is 12.1 Å². The van der Waals surface area contributed by atoms with Gasteiger partial charge in [0.05, 0.1) is 24.7 Å². The molecule has 0 spiro atoms. The van der Waals surface area contributed by atoms with Gasteiger partial charge in [0.25, 0.3) is 0 Å². The Hall–Kier alpha value is -2.73. The largest absolute Gasteiger partial charge is 0.481 e. The molecule has 1 fully saturated rings. The molecule has 35 heavy (non-hydrogen) atoms. The summed E-state index contributed by atoms with van der Waals surface area (Å²) in [4.78, 5) is 11.4. The van der Waals surface area contributed by atoms with Gasteiger partial charge in [-0.1, -0.05) is 60.7 Å². The van der Waals surface area contributed by atoms with Gasteiger partial charge in [-0.05, 0) is 72.6 Å². The summed E-state index contributed by atoms with van der Waals surface area (Å²) in [5.74, 6) is -0.510. The van der Waals surface area contributed by atoms with Crippen molar-refractivity contribution in [2.45, 2.75) is 57.3 Å². The first-order valence-electron chi connectivity index (χ1n) is 12.6. The Bertz CT molecular complexity index is 1240. The van der Waals surface area contributed by atoms with Crippen LogP contribution in [-0.2, 0) is 22.4 Å². The summed E-state index contributed by atoms with van der Waals surface area (Å²) in [6, 6.07) is 21.1. The van der Waals surface area contributed by atoms with Crippen LogP contribution in [0.25, 0.3) is 10.8 Å². The van der Waals surface area contributed by atoms with Crippen molar-refractivity contribution in [1.29, 1.82) is 0 Å². The topological polar surface area (TPSA) is 78.8 Å². The molecule has 0 heterocycles. The zero-order chi connectivity index (χ0) is 24.7. The summed E-state index contributed by atoms with van der Waals surface area (Å²) in [6.07, 6.45) is 0.909. The Labute approximate surface area is 207 Å². The van der Waals surface area contributed by atoms with Crippen LogP contribution in [0.2, 0.25) is 0 Å². The lowest BCUT2D eigenvalue weighted by atomic mass is 9.93. The van der Waals surface area contributed by atoms with Gasteiger partial charge in [-0.2, -0.15) is 0 Å². The van der Waals surface area contributed by atoms with Crippen LogP contribution in [-0.4, -0.2) is 41.0 Å². The molecule has 0 unspecified atom stereocenters. The predicted octanol–water partition coefficient (Wildman–Crippen LogP) is 4.86. The average molecular weight is 474 g/mol. The number of hydrogen-bond donors (Lipinski definition) is 3. The fraction of sp³-hybridized carbons (Fsp3) is 0.433. The van der Waals surface area contributed by atoms with Crippen LogP contribution in [0.1, 0.15) is 55.0 Å². The Kier molecular flexibility index (Phi) is 6.43. The Morgan fingerprint density at radius 2 is 1.89 bits per heavy atom. The van der Waals surface area contributed by atoms with E-state index in [0.717, 1.165) is 18.4 Å². The SMILES string of the molecule is C[C@@H](OC[C@H](O)CNC(C)(C)Cc1ccc2ccccc2c1)c1cccc2c1C[C@H]1[C@H](C(=O)O)[C@@H]21. The number of hydrogen-bond acceptors (Lipinski definition) is 4. The van der Waals surface area contributed by atoms with E-state index in [0.29, 0.717) is 6.54 Å². The van der Waals surface area contributed by atoms with Gasteiger partial charge < -0.3 is 20.3 Å². The molecular formula is C30H35NO4. The minimum Gasteiger partial charge on any atom is -0.481 e. The minimum absolute atomic E-state index is 0.147. The second-order valence-corrected chi connectivity index (χ2v) is 10.9. The molecule has 5 atom stereocenters. The molecule has 2 aliphatic rings. The van der Waals surface area contributed by atoms with Gasteiger partial charge in [-0.25, -0.2) is 0 Å². The van der Waals surface area contributed by atoms with Gasteiger partial charge in [0.1, 0.15) is 0 Å². The van der Waals surface area contributed by atoms with Crippen LogP contribution in [0.3, 0.4) is 0 Å². The lowest BCUT2D eigenvalue weighted by Gasteiger charge is -2.28. The van der Waals surface area contributed by atoms with E-state index in [1.54, 1.807) is 0 Å². The number of carbonyl (C=O) groups is 1. The van der Waals surface area contributed by atoms with Crippen LogP contribution in [0.4, 0.5) is 0 Å². The number of aliphatic carboxylic acids is 1. The molecule has 0 saturated heterocycles. The number of ether oxygens (including phenoxy) is 1. The number of nitrogens with one attached hydrogen (secondary N) is 1. The van der Waals surface area contributed by atoms with E-state index in [1.807, 2.05) is 13.0 Å². The van der Waals surface area contributed by atoms with Crippen LogP contribution in [0.15, 0.2) is 60.7 Å². The molecule has 3 aromatic rings. The summed E-state index contributed by atoms with van der Waals surface area (Å²) in [7, 11) is 0. The van der Waals surface area contributed by atoms with Crippen molar-refractivity contribution in [1.82, 2.24) is 5.32 Å². The van der Waals surface area contributed by atoms with Gasteiger partial charge in [-0.3, -0.25) is 4.79 Å². The number of aliphatic hydroxyl groups is 1. The third-order valence-corrected chi connectivity index (χ3v) is 7.75. The van der Waals surface area contributed by atoms with Crippen molar-refractivity contribution < 1.29 is 19.7 Å². The second-order valence-electron chi connectivity index (χ2n) is 10.9. The highest BCUT2D eigenvalue weighted by atomic mass is 16.5. The maximum atomic E-state index is 11.4. The Balaban J connectivity index is 1.12. The Morgan fingerprint density at radius 3 is 2.66 bits per heavy atom. The molecule has 5 nitrogen and oxygen atoms in total. The van der Waals surface area contributed by atoms with E-state index in [9.17, 15) is 15.0 Å². The first-order chi connectivity index (χ1) is 16.7. The number of carboxylic acid groups (broad SMARTS) is 1. The summed E-state index contributed by atoms with van der Waals surface area (Å²) < 4.78 is 6.06. The van der Waals surface area contributed by atoms with Crippen LogP contribution < -0.4 is 5.32 Å². The van der Waals surface area contributed by atoms with Crippen LogP contribution >= 0.6 is 0 Å². The van der Waals surface area contributed by atoms with Crippen molar-refractivity contribution in [3.63, 3.8) is 0 Å². The molecule has 3 N–H and O–H groups in total. The highest BCUT2D eigenvalue weighted by Gasteiger charge is 2.60. The number of carboxylic acids is 1. The third kappa shape index (κ3) is 4.99. The van der Waals surface area contributed by atoms with E-state index in [-0.39, 0.29) is 36.0 Å². The highest BCUT2D eigenvalue weighted by molar-refractivity contribution is 5.83. The Morgan fingerprint density at radius 1 is 1.11 bits per heavy atom. The lowest BCUT2D eigenvalue weighted by Crippen LogP contribution is -2.46. The maximum Gasteiger partial charge on any atom is 0.307 e. The molecule has 1 saturated carbocycles. The lowest BCUT2D eigenvalue weighted by molar-refractivity contribution is -0.139. The summed E-state index contributed by atoms with van der Waals surface area (Å²) in [5.41, 5.74) is 4.64. The smallest absolute Gasteiger partial charge is 0.307 e. The first-order valence-corrected chi connectivity index (χ1v) is 12.6. The van der Waals surface area contributed by atoms with Crippen molar-refractivity contribution in [2.75, 3.05) is 13.2 Å². The summed E-state index contributed by atoms with van der Waals surface area (Å²) in [6.45, 7) is 7.01. The van der Waals surface area contributed by atoms with Crippen molar-refractivity contribution in [3.8, 4) is 0 Å². The van der Waals surface area contributed by atoms with E-state index in [1.165, 1.54) is 27.5 Å². The molecule has 0 radical (unpaired) electrons. The molecular weight excluding hydrogens is 438 g/mol. The van der Waals surface area contributed by atoms with Gasteiger partial charge in [0, 0.05) is 18.0 Å². The molecule has 0 amide bonds. The fourth-order valence-electron chi connectivity index (χ4n) is 5.90. The highest BCUT2D eigenvalue weighted by Crippen LogP contribution is 2.62. The van der Waals surface area contributed by atoms with Crippen molar-refractivity contribution in [3.05, 3.63) is 82.9 Å². The standard InChI is InChI=1S/C30H35NO4/c1-18(23-9-6-10-24-25(23)14-26-27(24)28(26)29(33)34)35-17-22(32)16-31-30(2,3)15-19-11-12-20-7-4-5-8-21(20)13-19/h4-13,18,22,26-28,31-32H,14-17H2,1-3H3,(H,33,34)/t18-,22-,26-,27+,28+/m1/s1. The maximum absolute atomic E-state index is 11.4. The van der Waals surface area contributed by atoms with Crippen LogP contribution in [0.5, 0.6) is 0 Å². The van der Waals surface area contributed by atoms with Gasteiger partial charge in [0.2, 0.25) is 0 Å². The van der Waals surface area contributed by atoms with Crippen LogP contribution in [0, 0.1) is 11.8 Å². The number of aliphatic hydroxyl groups excluding tert-OH is 1. The van der Waals surface area contributed by atoms with Gasteiger partial charge >= 0.3 is 5.97 Å². The number of fused-ring (bicyclic) bond motifs is 4.